The van der Waals surface area contributed by atoms with Gasteiger partial charge < -0.3 is 9.66 Å². The first-order chi connectivity index (χ1) is 15.0. The molecule has 1 aliphatic heterocycles. The Bertz CT molecular complexity index is 486. The van der Waals surface area contributed by atoms with E-state index in [1.54, 1.807) is 6.92 Å². The minimum Gasteiger partial charge on any atom is -0.616 e. The van der Waals surface area contributed by atoms with Gasteiger partial charge in [0.1, 0.15) is 5.75 Å². The van der Waals surface area contributed by atoms with Gasteiger partial charge in [-0.25, -0.2) is 0 Å². The van der Waals surface area contributed by atoms with Crippen molar-refractivity contribution in [2.45, 2.75) is 134 Å². The van der Waals surface area contributed by atoms with E-state index >= 15 is 0 Å². The molecule has 5 nitrogen and oxygen atoms in total. The van der Waals surface area contributed by atoms with E-state index in [2.05, 4.69) is 6.92 Å². The van der Waals surface area contributed by atoms with Crippen molar-refractivity contribution < 1.29 is 19.2 Å². The monoisotopic (exact) mass is 457 g/mol. The minimum atomic E-state index is -1.48. The molecule has 31 heavy (non-hydrogen) atoms. The highest BCUT2D eigenvalue weighted by Crippen LogP contribution is 2.22. The van der Waals surface area contributed by atoms with Crippen molar-refractivity contribution in [2.75, 3.05) is 12.3 Å². The molecule has 1 heterocycles. The van der Waals surface area contributed by atoms with Gasteiger partial charge in [-0.2, -0.15) is 0 Å². The number of nitrogens with zero attached hydrogens (tertiary/aromatic N) is 1. The smallest absolute Gasteiger partial charge is 0.282 e. The summed E-state index contributed by atoms with van der Waals surface area (Å²) in [6.45, 7) is 4.26. The number of carbonyl (C=O) groups is 2. The molecule has 0 saturated carbocycles. The molecule has 0 radical (unpaired) electrons. The molecule has 3 atom stereocenters. The topological polar surface area (TPSA) is 80.7 Å². The van der Waals surface area contributed by atoms with Crippen LogP contribution in [0.25, 0.3) is 0 Å². The molecule has 6 heteroatoms. The average Bonchev–Trinajstić information content (AvgIpc) is 3.01. The third-order valence-electron chi connectivity index (χ3n) is 6.16. The molecule has 0 aromatic carbocycles. The number of imide groups is 1. The molecule has 1 aliphatic rings. The molecule has 0 bridgehead atoms. The summed E-state index contributed by atoms with van der Waals surface area (Å²) in [5.74, 6) is -0.476. The number of unbranched alkanes of at least 4 members (excludes halogenated alkanes) is 15. The standard InChI is InChI=1S/C25H47NO4S/c1-3-4-5-6-7-8-9-10-11-12-13-14-15-16-17-18-19-26-24(28)20-23(25(26)29)31(30)21-22(2)27/h22-23,27H,3-21H2,1-2H3. The van der Waals surface area contributed by atoms with Gasteiger partial charge >= 0.3 is 0 Å². The van der Waals surface area contributed by atoms with Gasteiger partial charge in [-0.05, 0) is 24.5 Å². The predicted molar refractivity (Wildman–Crippen MR) is 129 cm³/mol. The quantitative estimate of drug-likeness (QED) is 0.149. The Labute approximate surface area is 193 Å². The lowest BCUT2D eigenvalue weighted by molar-refractivity contribution is -0.138. The minimum absolute atomic E-state index is 0.0248. The van der Waals surface area contributed by atoms with Gasteiger partial charge in [0.25, 0.3) is 5.91 Å². The zero-order chi connectivity index (χ0) is 22.9. The number of aliphatic hydroxyl groups excluding tert-OH is 1. The van der Waals surface area contributed by atoms with Crippen LogP contribution < -0.4 is 0 Å². The first kappa shape index (κ1) is 28.4. The maximum atomic E-state index is 12.4. The highest BCUT2D eigenvalue weighted by molar-refractivity contribution is 7.92. The van der Waals surface area contributed by atoms with Crippen molar-refractivity contribution >= 4 is 23.0 Å². The summed E-state index contributed by atoms with van der Waals surface area (Å²) in [4.78, 5) is 25.7. The van der Waals surface area contributed by atoms with Gasteiger partial charge in [0.2, 0.25) is 11.2 Å². The molecule has 2 amide bonds. The van der Waals surface area contributed by atoms with Crippen LogP contribution in [0.15, 0.2) is 0 Å². The molecule has 0 aliphatic carbocycles. The first-order valence-electron chi connectivity index (χ1n) is 12.9. The van der Waals surface area contributed by atoms with E-state index in [1.807, 2.05) is 0 Å². The molecule has 1 N–H and O–H groups in total. The van der Waals surface area contributed by atoms with Gasteiger partial charge in [0.15, 0.2) is 0 Å². The van der Waals surface area contributed by atoms with E-state index < -0.39 is 22.5 Å². The Balaban J connectivity index is 1.94. The molecule has 1 rings (SSSR count). The fourth-order valence-electron chi connectivity index (χ4n) is 4.27. The van der Waals surface area contributed by atoms with Gasteiger partial charge in [-0.1, -0.05) is 103 Å². The first-order valence-corrected chi connectivity index (χ1v) is 14.2. The van der Waals surface area contributed by atoms with Crippen LogP contribution >= 0.6 is 0 Å². The predicted octanol–water partition coefficient (Wildman–Crippen LogP) is 5.50. The Kier molecular flexibility index (Phi) is 16.4. The number of rotatable bonds is 20. The van der Waals surface area contributed by atoms with Crippen LogP contribution in [0.3, 0.4) is 0 Å². The Morgan fingerprint density at radius 2 is 1.29 bits per heavy atom. The fourth-order valence-corrected chi connectivity index (χ4v) is 5.65. The van der Waals surface area contributed by atoms with Gasteiger partial charge in [0, 0.05) is 6.54 Å². The number of hydrogen-bond acceptors (Lipinski definition) is 4. The van der Waals surface area contributed by atoms with Gasteiger partial charge in [-0.15, -0.1) is 0 Å². The molecular weight excluding hydrogens is 410 g/mol. The molecular formula is C25H47NO4S. The molecule has 0 spiro atoms. The van der Waals surface area contributed by atoms with Crippen LogP contribution in [0.4, 0.5) is 0 Å². The lowest BCUT2D eigenvalue weighted by Crippen LogP contribution is -2.38. The third-order valence-corrected chi connectivity index (χ3v) is 7.97. The number of aliphatic hydroxyl groups is 1. The second-order valence-electron chi connectivity index (χ2n) is 9.28. The summed E-state index contributed by atoms with van der Waals surface area (Å²) < 4.78 is 12.1. The van der Waals surface area contributed by atoms with Crippen molar-refractivity contribution in [2.24, 2.45) is 0 Å². The summed E-state index contributed by atoms with van der Waals surface area (Å²) in [7, 11) is 0. The van der Waals surface area contributed by atoms with E-state index in [1.165, 1.54) is 88.4 Å². The average molecular weight is 458 g/mol. The van der Waals surface area contributed by atoms with E-state index in [0.29, 0.717) is 6.54 Å². The van der Waals surface area contributed by atoms with E-state index in [0.717, 1.165) is 19.3 Å². The van der Waals surface area contributed by atoms with Crippen molar-refractivity contribution in [3.05, 3.63) is 0 Å². The summed E-state index contributed by atoms with van der Waals surface area (Å²) in [6, 6.07) is 0. The fraction of sp³-hybridized carbons (Fsp3) is 0.920. The van der Waals surface area contributed by atoms with Crippen LogP contribution in [0.2, 0.25) is 0 Å². The second kappa shape index (κ2) is 17.9. The molecule has 3 unspecified atom stereocenters. The lowest BCUT2D eigenvalue weighted by atomic mass is 10.0. The highest BCUT2D eigenvalue weighted by Gasteiger charge is 2.45. The van der Waals surface area contributed by atoms with Crippen LogP contribution in [0, 0.1) is 0 Å². The highest BCUT2D eigenvalue weighted by atomic mass is 32.2. The summed E-state index contributed by atoms with van der Waals surface area (Å²) in [5, 5.41) is 8.60. The summed E-state index contributed by atoms with van der Waals surface area (Å²) in [6.07, 6.45) is 20.0. The van der Waals surface area contributed by atoms with E-state index in [4.69, 9.17) is 0 Å². The summed E-state index contributed by atoms with van der Waals surface area (Å²) >= 11 is -1.48. The van der Waals surface area contributed by atoms with Crippen LogP contribution in [0.1, 0.15) is 123 Å². The third kappa shape index (κ3) is 12.9. The van der Waals surface area contributed by atoms with Crippen molar-refractivity contribution in [1.29, 1.82) is 0 Å². The molecule has 182 valence electrons. The van der Waals surface area contributed by atoms with Crippen molar-refractivity contribution in [3.63, 3.8) is 0 Å². The van der Waals surface area contributed by atoms with Crippen LogP contribution in [0.5, 0.6) is 0 Å². The van der Waals surface area contributed by atoms with Crippen LogP contribution in [-0.2, 0) is 20.8 Å². The Hall–Kier alpha value is -0.590. The lowest BCUT2D eigenvalue weighted by Gasteiger charge is -2.18. The summed E-state index contributed by atoms with van der Waals surface area (Å²) in [5.41, 5.74) is 0. The number of carbonyl (C=O) groups excluding carboxylic acids is 2. The second-order valence-corrected chi connectivity index (χ2v) is 10.9. The molecule has 1 fully saturated rings. The van der Waals surface area contributed by atoms with E-state index in [9.17, 15) is 19.2 Å². The number of amides is 2. The van der Waals surface area contributed by atoms with Crippen LogP contribution in [-0.4, -0.2) is 50.0 Å². The maximum Gasteiger partial charge on any atom is 0.282 e. The molecule has 0 aromatic heterocycles. The largest absolute Gasteiger partial charge is 0.616 e. The normalized spacial score (nSPS) is 18.7. The van der Waals surface area contributed by atoms with Crippen molar-refractivity contribution in [1.82, 2.24) is 4.90 Å². The van der Waals surface area contributed by atoms with Gasteiger partial charge in [0.05, 0.1) is 12.5 Å². The Morgan fingerprint density at radius 3 is 1.71 bits per heavy atom. The van der Waals surface area contributed by atoms with Gasteiger partial charge in [-0.3, -0.25) is 14.5 Å². The van der Waals surface area contributed by atoms with E-state index in [-0.39, 0.29) is 24.0 Å². The zero-order valence-electron chi connectivity index (χ0n) is 20.1. The number of hydrogen-bond donors (Lipinski definition) is 1. The molecule has 0 aromatic rings. The zero-order valence-corrected chi connectivity index (χ0v) is 20.9. The maximum absolute atomic E-state index is 12.4. The SMILES string of the molecule is CCCCCCCCCCCCCCCCCCN1C(=O)CC([S+]([O-])CC(C)O)C1=O. The molecule has 1 saturated heterocycles. The Morgan fingerprint density at radius 1 is 0.871 bits per heavy atom. The number of likely N-dealkylation sites (tertiary alicyclic amines) is 1. The van der Waals surface area contributed by atoms with Crippen molar-refractivity contribution in [3.8, 4) is 0 Å².